The molecule has 8 heteroatoms. The molecule has 3 N–H and O–H groups in total. The number of carboxylic acid groups (broad SMARTS) is 1. The molecule has 0 unspecified atom stereocenters. The Morgan fingerprint density at radius 2 is 1.60 bits per heavy atom. The van der Waals surface area contributed by atoms with Gasteiger partial charge in [-0.3, -0.25) is 9.59 Å². The Hall–Kier alpha value is -3.39. The number of amides is 2. The summed E-state index contributed by atoms with van der Waals surface area (Å²) < 4.78 is 10.7. The second kappa shape index (κ2) is 10.9. The molecule has 0 aliphatic heterocycles. The highest BCUT2D eigenvalue weighted by atomic mass is 16.5. The number of hydrogen-bond acceptors (Lipinski definition) is 5. The Bertz CT molecular complexity index is 1030. The third-order valence-corrected chi connectivity index (χ3v) is 7.15. The van der Waals surface area contributed by atoms with Crippen LogP contribution in [0, 0.1) is 5.41 Å². The summed E-state index contributed by atoms with van der Waals surface area (Å²) in [5, 5.41) is 15.0. The Kier molecular flexibility index (Phi) is 7.70. The molecule has 1 fully saturated rings. The summed E-state index contributed by atoms with van der Waals surface area (Å²) in [6.45, 7) is 0.0904. The van der Waals surface area contributed by atoms with Gasteiger partial charge in [-0.1, -0.05) is 67.8 Å². The molecule has 0 aromatic heterocycles. The monoisotopic (exact) mass is 480 g/mol. The molecule has 0 saturated heterocycles. The number of carbonyl (C=O) groups is 3. The second-order valence-electron chi connectivity index (χ2n) is 9.34. The number of ether oxygens (including phenoxy) is 2. The minimum Gasteiger partial charge on any atom is -0.481 e. The first kappa shape index (κ1) is 24.7. The third kappa shape index (κ3) is 5.32. The van der Waals surface area contributed by atoms with Gasteiger partial charge in [0.2, 0.25) is 5.91 Å². The van der Waals surface area contributed by atoms with Crippen LogP contribution in [0.1, 0.15) is 49.1 Å². The quantitative estimate of drug-likeness (QED) is 0.504. The van der Waals surface area contributed by atoms with Gasteiger partial charge in [-0.25, -0.2) is 4.79 Å². The van der Waals surface area contributed by atoms with E-state index in [2.05, 4.69) is 22.8 Å². The molecular weight excluding hydrogens is 448 g/mol. The van der Waals surface area contributed by atoms with Crippen LogP contribution in [0.25, 0.3) is 11.1 Å². The molecule has 35 heavy (non-hydrogen) atoms. The van der Waals surface area contributed by atoms with Gasteiger partial charge in [0.05, 0.1) is 12.0 Å². The zero-order valence-corrected chi connectivity index (χ0v) is 19.9. The summed E-state index contributed by atoms with van der Waals surface area (Å²) in [5.74, 6) is -1.48. The minimum atomic E-state index is -0.995. The van der Waals surface area contributed by atoms with Gasteiger partial charge in [-0.15, -0.1) is 0 Å². The molecular formula is C27H32N2O6. The maximum atomic E-state index is 12.8. The fraction of sp³-hybridized carbons (Fsp3) is 0.444. The molecule has 2 aromatic rings. The first-order valence-corrected chi connectivity index (χ1v) is 12.1. The topological polar surface area (TPSA) is 114 Å². The van der Waals surface area contributed by atoms with Crippen molar-refractivity contribution in [3.05, 3.63) is 59.7 Å². The first-order valence-electron chi connectivity index (χ1n) is 12.1. The van der Waals surface area contributed by atoms with Crippen molar-refractivity contribution in [3.63, 3.8) is 0 Å². The maximum Gasteiger partial charge on any atom is 0.407 e. The number of nitrogens with one attached hydrogen (secondary N) is 2. The van der Waals surface area contributed by atoms with Crippen LogP contribution in [0.4, 0.5) is 4.79 Å². The van der Waals surface area contributed by atoms with Gasteiger partial charge in [0.1, 0.15) is 12.6 Å². The molecule has 186 valence electrons. The van der Waals surface area contributed by atoms with Crippen molar-refractivity contribution in [1.29, 1.82) is 0 Å². The Morgan fingerprint density at radius 3 is 2.17 bits per heavy atom. The summed E-state index contributed by atoms with van der Waals surface area (Å²) >= 11 is 0. The molecule has 2 aromatic carbocycles. The highest BCUT2D eigenvalue weighted by molar-refractivity contribution is 5.86. The third-order valence-electron chi connectivity index (χ3n) is 7.15. The van der Waals surface area contributed by atoms with Crippen LogP contribution in [0.2, 0.25) is 0 Å². The Balaban J connectivity index is 1.36. The number of carboxylic acids is 1. The zero-order chi connectivity index (χ0) is 24.8. The fourth-order valence-electron chi connectivity index (χ4n) is 5.21. The van der Waals surface area contributed by atoms with Gasteiger partial charge >= 0.3 is 12.1 Å². The smallest absolute Gasteiger partial charge is 0.407 e. The lowest BCUT2D eigenvalue weighted by atomic mass is 9.74. The first-order chi connectivity index (χ1) is 16.9. The molecule has 0 bridgehead atoms. The van der Waals surface area contributed by atoms with Crippen molar-refractivity contribution in [2.45, 2.75) is 44.1 Å². The SMILES string of the molecule is COC[C@H](NC(=O)OCC1c2ccccc2-c2ccccc21)C(=O)NCC1(C(=O)O)CCCCC1. The molecule has 4 rings (SSSR count). The number of fused-ring (bicyclic) bond motifs is 3. The Labute approximate surface area is 205 Å². The average molecular weight is 481 g/mol. The molecule has 0 radical (unpaired) electrons. The van der Waals surface area contributed by atoms with E-state index in [1.165, 1.54) is 7.11 Å². The Morgan fingerprint density at radius 1 is 1.00 bits per heavy atom. The van der Waals surface area contributed by atoms with E-state index < -0.39 is 29.4 Å². The predicted molar refractivity (Wildman–Crippen MR) is 130 cm³/mol. The minimum absolute atomic E-state index is 0.0216. The van der Waals surface area contributed by atoms with Crippen molar-refractivity contribution in [2.75, 3.05) is 26.9 Å². The van der Waals surface area contributed by atoms with E-state index in [1.807, 2.05) is 36.4 Å². The number of methoxy groups -OCH3 is 1. The van der Waals surface area contributed by atoms with Gasteiger partial charge in [0.15, 0.2) is 0 Å². The van der Waals surface area contributed by atoms with Crippen molar-refractivity contribution in [2.24, 2.45) is 5.41 Å². The number of benzene rings is 2. The molecule has 0 spiro atoms. The lowest BCUT2D eigenvalue weighted by molar-refractivity contribution is -0.151. The van der Waals surface area contributed by atoms with Crippen LogP contribution in [0.3, 0.4) is 0 Å². The highest BCUT2D eigenvalue weighted by Crippen LogP contribution is 2.44. The van der Waals surface area contributed by atoms with Gasteiger partial charge in [-0.2, -0.15) is 0 Å². The van der Waals surface area contributed by atoms with Gasteiger partial charge in [-0.05, 0) is 35.1 Å². The maximum absolute atomic E-state index is 12.8. The molecule has 2 aliphatic carbocycles. The van der Waals surface area contributed by atoms with Crippen LogP contribution < -0.4 is 10.6 Å². The highest BCUT2D eigenvalue weighted by Gasteiger charge is 2.40. The lowest BCUT2D eigenvalue weighted by Gasteiger charge is -2.33. The largest absolute Gasteiger partial charge is 0.481 e. The van der Waals surface area contributed by atoms with E-state index in [-0.39, 0.29) is 25.7 Å². The molecule has 8 nitrogen and oxygen atoms in total. The fourth-order valence-corrected chi connectivity index (χ4v) is 5.21. The summed E-state index contributed by atoms with van der Waals surface area (Å²) in [5.41, 5.74) is 3.49. The standard InChI is InChI=1S/C27H32N2O6/c1-34-16-23(24(30)28-17-27(25(31)32)13-7-2-8-14-27)29-26(33)35-15-22-20-11-5-3-9-18(20)19-10-4-6-12-21(19)22/h3-6,9-12,22-23H,2,7-8,13-17H2,1H3,(H,28,30)(H,29,33)(H,31,32)/t23-/m0/s1. The van der Waals surface area contributed by atoms with Crippen LogP contribution in [0.15, 0.2) is 48.5 Å². The zero-order valence-electron chi connectivity index (χ0n) is 19.9. The predicted octanol–water partition coefficient (Wildman–Crippen LogP) is 3.69. The van der Waals surface area contributed by atoms with E-state index in [4.69, 9.17) is 9.47 Å². The van der Waals surface area contributed by atoms with Crippen molar-refractivity contribution >= 4 is 18.0 Å². The molecule has 2 aliphatic rings. The number of rotatable bonds is 9. The van der Waals surface area contributed by atoms with Crippen LogP contribution >= 0.6 is 0 Å². The van der Waals surface area contributed by atoms with Crippen molar-refractivity contribution in [3.8, 4) is 11.1 Å². The van der Waals surface area contributed by atoms with Crippen molar-refractivity contribution in [1.82, 2.24) is 10.6 Å². The van der Waals surface area contributed by atoms with Gasteiger partial charge in [0, 0.05) is 19.6 Å². The second-order valence-corrected chi connectivity index (χ2v) is 9.34. The molecule has 1 saturated carbocycles. The van der Waals surface area contributed by atoms with Crippen LogP contribution in [-0.2, 0) is 19.1 Å². The molecule has 0 heterocycles. The summed E-state index contributed by atoms with van der Waals surface area (Å²) in [6, 6.07) is 15.1. The summed E-state index contributed by atoms with van der Waals surface area (Å²) in [4.78, 5) is 37.3. The lowest BCUT2D eigenvalue weighted by Crippen LogP contribution is -2.53. The number of carbonyl (C=O) groups excluding carboxylic acids is 2. The van der Waals surface area contributed by atoms with Gasteiger partial charge < -0.3 is 25.2 Å². The van der Waals surface area contributed by atoms with E-state index in [9.17, 15) is 19.5 Å². The van der Waals surface area contributed by atoms with Crippen molar-refractivity contribution < 1.29 is 29.0 Å². The summed E-state index contributed by atoms with van der Waals surface area (Å²) in [7, 11) is 1.43. The van der Waals surface area contributed by atoms with E-state index in [0.29, 0.717) is 12.8 Å². The number of hydrogen-bond donors (Lipinski definition) is 3. The van der Waals surface area contributed by atoms with E-state index in [1.54, 1.807) is 0 Å². The van der Waals surface area contributed by atoms with E-state index in [0.717, 1.165) is 41.5 Å². The van der Waals surface area contributed by atoms with Gasteiger partial charge in [0.25, 0.3) is 0 Å². The van der Waals surface area contributed by atoms with E-state index >= 15 is 0 Å². The average Bonchev–Trinajstić information content (AvgIpc) is 3.20. The van der Waals surface area contributed by atoms with Crippen LogP contribution in [-0.4, -0.2) is 56.0 Å². The summed E-state index contributed by atoms with van der Waals surface area (Å²) in [6.07, 6.45) is 2.96. The molecule has 1 atom stereocenters. The number of alkyl carbamates (subject to hydrolysis) is 1. The normalized spacial score (nSPS) is 17.1. The molecule has 2 amide bonds. The van der Waals surface area contributed by atoms with Crippen LogP contribution in [0.5, 0.6) is 0 Å². The number of aliphatic carboxylic acids is 1.